The van der Waals surface area contributed by atoms with Gasteiger partial charge >= 0.3 is 0 Å². The van der Waals surface area contributed by atoms with Crippen molar-refractivity contribution in [1.82, 2.24) is 5.32 Å². The molecule has 0 bridgehead atoms. The molecule has 0 aromatic heterocycles. The van der Waals surface area contributed by atoms with Crippen molar-refractivity contribution in [3.63, 3.8) is 0 Å². The lowest BCUT2D eigenvalue weighted by Crippen LogP contribution is -2.42. The molecule has 0 saturated heterocycles. The summed E-state index contributed by atoms with van der Waals surface area (Å²) in [6.07, 6.45) is -0.484. The molecule has 3 N–H and O–H groups in total. The number of hydrogen-bond donors (Lipinski definition) is 2. The van der Waals surface area contributed by atoms with Crippen LogP contribution >= 0.6 is 15.9 Å². The van der Waals surface area contributed by atoms with E-state index in [9.17, 15) is 4.79 Å². The number of carbonyl (C=O) groups is 1. The maximum absolute atomic E-state index is 12.0. The summed E-state index contributed by atoms with van der Waals surface area (Å²) >= 11 is 3.28. The fraction of sp³-hybridized carbons (Fsp3) is 0.417. The lowest BCUT2D eigenvalue weighted by atomic mass is 10.2. The summed E-state index contributed by atoms with van der Waals surface area (Å²) in [4.78, 5) is 12.0. The summed E-state index contributed by atoms with van der Waals surface area (Å²) in [7, 11) is 3.04. The number of hydrogen-bond acceptors (Lipinski definition) is 4. The van der Waals surface area contributed by atoms with Crippen molar-refractivity contribution in [2.75, 3.05) is 20.0 Å². The fourth-order valence-corrected chi connectivity index (χ4v) is 1.79. The quantitative estimate of drug-likeness (QED) is 0.641. The first-order valence-electron chi connectivity index (χ1n) is 5.41. The highest BCUT2D eigenvalue weighted by Gasteiger charge is 2.18. The standard InChI is InChI=1S/C12H17BrN2O3/c1-7(12(17-2)18-3)15-11(16)8-4-5-9(13)10(14)6-8/h4-7,12H,14H2,1-3H3,(H,15,16). The Morgan fingerprint density at radius 2 is 2.00 bits per heavy atom. The van der Waals surface area contributed by atoms with Gasteiger partial charge in [0.15, 0.2) is 6.29 Å². The highest BCUT2D eigenvalue weighted by molar-refractivity contribution is 9.10. The Morgan fingerprint density at radius 3 is 2.50 bits per heavy atom. The van der Waals surface area contributed by atoms with Crippen molar-refractivity contribution < 1.29 is 14.3 Å². The van der Waals surface area contributed by atoms with Gasteiger partial charge in [0, 0.05) is 29.9 Å². The number of rotatable bonds is 5. The molecule has 0 aliphatic rings. The average molecular weight is 317 g/mol. The van der Waals surface area contributed by atoms with E-state index >= 15 is 0 Å². The number of ether oxygens (including phenoxy) is 2. The summed E-state index contributed by atoms with van der Waals surface area (Å²) in [6, 6.07) is 4.77. The Kier molecular flexibility index (Phi) is 5.58. The van der Waals surface area contributed by atoms with Gasteiger partial charge in [-0.1, -0.05) is 0 Å². The molecule has 0 spiro atoms. The summed E-state index contributed by atoms with van der Waals surface area (Å²) in [5.41, 5.74) is 6.74. The number of amides is 1. The molecule has 0 aliphatic heterocycles. The van der Waals surface area contributed by atoms with Gasteiger partial charge in [0.25, 0.3) is 5.91 Å². The Labute approximate surface area is 115 Å². The third-order valence-corrected chi connectivity index (χ3v) is 3.21. The lowest BCUT2D eigenvalue weighted by Gasteiger charge is -2.22. The minimum atomic E-state index is -0.484. The van der Waals surface area contributed by atoms with Gasteiger partial charge in [-0.05, 0) is 41.1 Å². The van der Waals surface area contributed by atoms with Gasteiger partial charge in [-0.2, -0.15) is 0 Å². The first-order chi connectivity index (χ1) is 8.49. The number of methoxy groups -OCH3 is 2. The molecule has 0 aliphatic carbocycles. The highest BCUT2D eigenvalue weighted by atomic mass is 79.9. The van der Waals surface area contributed by atoms with Crippen LogP contribution in [0.15, 0.2) is 22.7 Å². The first-order valence-corrected chi connectivity index (χ1v) is 6.20. The van der Waals surface area contributed by atoms with Crippen molar-refractivity contribution >= 4 is 27.5 Å². The normalized spacial score (nSPS) is 12.5. The van der Waals surface area contributed by atoms with Gasteiger partial charge in [-0.15, -0.1) is 0 Å². The number of nitrogens with one attached hydrogen (secondary N) is 1. The van der Waals surface area contributed by atoms with Crippen LogP contribution in [-0.2, 0) is 9.47 Å². The maximum Gasteiger partial charge on any atom is 0.251 e. The van der Waals surface area contributed by atoms with Gasteiger partial charge < -0.3 is 20.5 Å². The van der Waals surface area contributed by atoms with Gasteiger partial charge in [0.1, 0.15) is 0 Å². The van der Waals surface area contributed by atoms with Gasteiger partial charge in [0.05, 0.1) is 6.04 Å². The maximum atomic E-state index is 12.0. The molecule has 5 nitrogen and oxygen atoms in total. The molecule has 0 saturated carbocycles. The molecule has 0 fully saturated rings. The lowest BCUT2D eigenvalue weighted by molar-refractivity contribution is -0.117. The van der Waals surface area contributed by atoms with E-state index < -0.39 is 6.29 Å². The molecule has 1 unspecified atom stereocenters. The van der Waals surface area contributed by atoms with Crippen molar-refractivity contribution in [2.45, 2.75) is 19.3 Å². The molecular weight excluding hydrogens is 300 g/mol. The van der Waals surface area contributed by atoms with E-state index in [0.717, 1.165) is 4.47 Å². The predicted molar refractivity (Wildman–Crippen MR) is 73.3 cm³/mol. The monoisotopic (exact) mass is 316 g/mol. The largest absolute Gasteiger partial charge is 0.398 e. The van der Waals surface area contributed by atoms with Crippen LogP contribution in [0.4, 0.5) is 5.69 Å². The number of anilines is 1. The second-order valence-corrected chi connectivity index (χ2v) is 4.69. The second-order valence-electron chi connectivity index (χ2n) is 3.84. The van der Waals surface area contributed by atoms with Crippen molar-refractivity contribution in [3.8, 4) is 0 Å². The third kappa shape index (κ3) is 3.69. The molecule has 100 valence electrons. The topological polar surface area (TPSA) is 73.6 Å². The van der Waals surface area contributed by atoms with Crippen LogP contribution in [0.1, 0.15) is 17.3 Å². The Morgan fingerprint density at radius 1 is 1.39 bits per heavy atom. The highest BCUT2D eigenvalue weighted by Crippen LogP contribution is 2.20. The number of nitrogen functional groups attached to an aromatic ring is 1. The van der Waals surface area contributed by atoms with Gasteiger partial charge in [-0.25, -0.2) is 0 Å². The zero-order chi connectivity index (χ0) is 13.7. The van der Waals surface area contributed by atoms with Crippen LogP contribution in [0.5, 0.6) is 0 Å². The molecular formula is C12H17BrN2O3. The molecule has 6 heteroatoms. The molecule has 1 rings (SSSR count). The molecule has 0 heterocycles. The predicted octanol–water partition coefficient (Wildman–Crippen LogP) is 1.77. The van der Waals surface area contributed by atoms with Gasteiger partial charge in [0.2, 0.25) is 0 Å². The van der Waals surface area contributed by atoms with E-state index in [1.807, 2.05) is 0 Å². The van der Waals surface area contributed by atoms with Crippen molar-refractivity contribution in [1.29, 1.82) is 0 Å². The molecule has 18 heavy (non-hydrogen) atoms. The third-order valence-electron chi connectivity index (χ3n) is 2.49. The molecule has 1 amide bonds. The zero-order valence-electron chi connectivity index (χ0n) is 10.6. The van der Waals surface area contributed by atoms with Crippen LogP contribution in [0, 0.1) is 0 Å². The summed E-state index contributed by atoms with van der Waals surface area (Å²) in [5.74, 6) is -0.221. The number of halogens is 1. The smallest absolute Gasteiger partial charge is 0.251 e. The van der Waals surface area contributed by atoms with E-state index in [4.69, 9.17) is 15.2 Å². The van der Waals surface area contributed by atoms with E-state index in [2.05, 4.69) is 21.2 Å². The molecule has 1 aromatic carbocycles. The minimum Gasteiger partial charge on any atom is -0.398 e. The van der Waals surface area contributed by atoms with E-state index in [0.29, 0.717) is 11.3 Å². The SMILES string of the molecule is COC(OC)C(C)NC(=O)c1ccc(Br)c(N)c1. The second kappa shape index (κ2) is 6.72. The van der Waals surface area contributed by atoms with Gasteiger partial charge in [-0.3, -0.25) is 4.79 Å². The molecule has 1 aromatic rings. The Hall–Kier alpha value is -1.11. The van der Waals surface area contributed by atoms with Crippen LogP contribution in [0.3, 0.4) is 0 Å². The zero-order valence-corrected chi connectivity index (χ0v) is 12.2. The number of benzene rings is 1. The van der Waals surface area contributed by atoms with Crippen LogP contribution in [0.2, 0.25) is 0 Å². The summed E-state index contributed by atoms with van der Waals surface area (Å²) in [6.45, 7) is 1.80. The fourth-order valence-electron chi connectivity index (χ4n) is 1.55. The number of nitrogens with two attached hydrogens (primary N) is 1. The van der Waals surface area contributed by atoms with E-state index in [-0.39, 0.29) is 11.9 Å². The average Bonchev–Trinajstić information content (AvgIpc) is 2.34. The minimum absolute atomic E-state index is 0.221. The Bertz CT molecular complexity index is 422. The van der Waals surface area contributed by atoms with Crippen LogP contribution in [0.25, 0.3) is 0 Å². The van der Waals surface area contributed by atoms with E-state index in [1.54, 1.807) is 25.1 Å². The summed E-state index contributed by atoms with van der Waals surface area (Å²) < 4.78 is 10.9. The first kappa shape index (κ1) is 14.9. The van der Waals surface area contributed by atoms with Crippen LogP contribution in [-0.4, -0.2) is 32.5 Å². The Balaban J connectivity index is 2.73. The molecule has 1 atom stereocenters. The van der Waals surface area contributed by atoms with Crippen molar-refractivity contribution in [3.05, 3.63) is 28.2 Å². The van der Waals surface area contributed by atoms with Crippen molar-refractivity contribution in [2.24, 2.45) is 0 Å². The summed E-state index contributed by atoms with van der Waals surface area (Å²) in [5, 5.41) is 2.78. The molecule has 0 radical (unpaired) electrons. The van der Waals surface area contributed by atoms with Crippen LogP contribution < -0.4 is 11.1 Å². The van der Waals surface area contributed by atoms with E-state index in [1.165, 1.54) is 14.2 Å². The number of carbonyl (C=O) groups excluding carboxylic acids is 1.